The Hall–Kier alpha value is -3.22. The number of carbonyl (C=O) groups is 1. The predicted molar refractivity (Wildman–Crippen MR) is 88.9 cm³/mol. The Morgan fingerprint density at radius 2 is 1.96 bits per heavy atom. The van der Waals surface area contributed by atoms with Gasteiger partial charge in [0.2, 0.25) is 5.91 Å². The molecule has 3 rings (SSSR count). The van der Waals surface area contributed by atoms with Crippen LogP contribution >= 0.6 is 0 Å². The van der Waals surface area contributed by atoms with Gasteiger partial charge in [-0.2, -0.15) is 0 Å². The average Bonchev–Trinajstić information content (AvgIpc) is 2.90. The first-order valence-electron chi connectivity index (χ1n) is 7.34. The smallest absolute Gasteiger partial charge is 0.269 e. The van der Waals surface area contributed by atoms with Crippen LogP contribution in [0, 0.1) is 24.0 Å². The lowest BCUT2D eigenvalue weighted by atomic mass is 10.0. The predicted octanol–water partition coefficient (Wildman–Crippen LogP) is 3.53. The summed E-state index contributed by atoms with van der Waals surface area (Å²) in [5.74, 6) is -0.265. The third-order valence-corrected chi connectivity index (χ3v) is 3.68. The molecule has 3 aromatic rings. The number of amides is 1. The molecule has 0 atom stereocenters. The number of nitrogens with one attached hydrogen (secondary N) is 1. The summed E-state index contributed by atoms with van der Waals surface area (Å²) in [6.45, 7) is 3.92. The van der Waals surface area contributed by atoms with Crippen LogP contribution in [-0.2, 0) is 11.2 Å². The van der Waals surface area contributed by atoms with Crippen LogP contribution in [0.3, 0.4) is 0 Å². The van der Waals surface area contributed by atoms with Gasteiger partial charge >= 0.3 is 0 Å². The van der Waals surface area contributed by atoms with Crippen molar-refractivity contribution in [1.29, 1.82) is 0 Å². The van der Waals surface area contributed by atoms with E-state index in [4.69, 9.17) is 4.52 Å². The zero-order valence-corrected chi connectivity index (χ0v) is 13.2. The standard InChI is InChI=1S/C17H15N3O4/c1-10-7-11(2)17-14(19-24-15(17)8-10)9-16(21)18-12-3-5-13(6-4-12)20(22)23/h3-8H,9H2,1-2H3,(H,18,21). The van der Waals surface area contributed by atoms with Crippen LogP contribution in [0.5, 0.6) is 0 Å². The Labute approximate surface area is 137 Å². The van der Waals surface area contributed by atoms with Crippen molar-refractivity contribution in [3.63, 3.8) is 0 Å². The zero-order chi connectivity index (χ0) is 17.3. The summed E-state index contributed by atoms with van der Waals surface area (Å²) >= 11 is 0. The Balaban J connectivity index is 1.76. The van der Waals surface area contributed by atoms with Gasteiger partial charge in [0, 0.05) is 23.2 Å². The maximum absolute atomic E-state index is 12.2. The van der Waals surface area contributed by atoms with E-state index in [2.05, 4.69) is 10.5 Å². The third-order valence-electron chi connectivity index (χ3n) is 3.68. The van der Waals surface area contributed by atoms with E-state index in [0.29, 0.717) is 17.0 Å². The van der Waals surface area contributed by atoms with E-state index in [1.807, 2.05) is 26.0 Å². The van der Waals surface area contributed by atoms with Crippen LogP contribution in [0.1, 0.15) is 16.8 Å². The van der Waals surface area contributed by atoms with Gasteiger partial charge in [0.1, 0.15) is 5.69 Å². The number of rotatable bonds is 4. The van der Waals surface area contributed by atoms with Gasteiger partial charge in [0.05, 0.1) is 11.3 Å². The summed E-state index contributed by atoms with van der Waals surface area (Å²) < 4.78 is 5.30. The molecule has 0 bridgehead atoms. The fourth-order valence-corrected chi connectivity index (χ4v) is 2.66. The van der Waals surface area contributed by atoms with Gasteiger partial charge < -0.3 is 9.84 Å². The number of non-ortho nitro benzene ring substituents is 1. The Kier molecular flexibility index (Phi) is 3.99. The molecule has 0 radical (unpaired) electrons. The lowest BCUT2D eigenvalue weighted by Gasteiger charge is -2.04. The summed E-state index contributed by atoms with van der Waals surface area (Å²) in [7, 11) is 0. The maximum Gasteiger partial charge on any atom is 0.269 e. The molecule has 0 fully saturated rings. The highest BCUT2D eigenvalue weighted by molar-refractivity contribution is 5.95. The van der Waals surface area contributed by atoms with E-state index >= 15 is 0 Å². The molecule has 24 heavy (non-hydrogen) atoms. The van der Waals surface area contributed by atoms with Gasteiger partial charge in [0.15, 0.2) is 5.58 Å². The Morgan fingerprint density at radius 3 is 2.62 bits per heavy atom. The molecule has 2 aromatic carbocycles. The lowest BCUT2D eigenvalue weighted by Crippen LogP contribution is -2.14. The van der Waals surface area contributed by atoms with Gasteiger partial charge in [-0.1, -0.05) is 11.2 Å². The normalized spacial score (nSPS) is 10.8. The minimum atomic E-state index is -0.488. The Bertz CT molecular complexity index is 929. The van der Waals surface area contributed by atoms with Crippen molar-refractivity contribution >= 4 is 28.3 Å². The van der Waals surface area contributed by atoms with Crippen molar-refractivity contribution in [2.45, 2.75) is 20.3 Å². The molecule has 7 heteroatoms. The maximum atomic E-state index is 12.2. The first-order valence-corrected chi connectivity index (χ1v) is 7.34. The van der Waals surface area contributed by atoms with Crippen molar-refractivity contribution in [2.75, 3.05) is 5.32 Å². The molecule has 122 valence electrons. The number of nitro benzene ring substituents is 1. The van der Waals surface area contributed by atoms with Crippen LogP contribution in [0.2, 0.25) is 0 Å². The van der Waals surface area contributed by atoms with Crippen molar-refractivity contribution in [3.8, 4) is 0 Å². The molecule has 0 aliphatic heterocycles. The number of nitrogens with zero attached hydrogens (tertiary/aromatic N) is 2. The van der Waals surface area contributed by atoms with Gasteiger partial charge in [0.25, 0.3) is 5.69 Å². The average molecular weight is 325 g/mol. The molecule has 1 amide bonds. The monoisotopic (exact) mass is 325 g/mol. The number of fused-ring (bicyclic) bond motifs is 1. The first-order chi connectivity index (χ1) is 11.4. The summed E-state index contributed by atoms with van der Waals surface area (Å²) in [6, 6.07) is 9.56. The molecule has 1 N–H and O–H groups in total. The second-order valence-electron chi connectivity index (χ2n) is 5.61. The molecular weight excluding hydrogens is 310 g/mol. The van der Waals surface area contributed by atoms with Crippen molar-refractivity contribution in [2.24, 2.45) is 0 Å². The topological polar surface area (TPSA) is 98.3 Å². The van der Waals surface area contributed by atoms with E-state index in [1.54, 1.807) is 0 Å². The number of carbonyl (C=O) groups excluding carboxylic acids is 1. The summed E-state index contributed by atoms with van der Waals surface area (Å²) in [5.41, 5.74) is 3.77. The van der Waals surface area contributed by atoms with Crippen LogP contribution in [0.4, 0.5) is 11.4 Å². The number of hydrogen-bond acceptors (Lipinski definition) is 5. The van der Waals surface area contributed by atoms with Crippen LogP contribution < -0.4 is 5.32 Å². The number of benzene rings is 2. The molecule has 1 heterocycles. The van der Waals surface area contributed by atoms with E-state index in [9.17, 15) is 14.9 Å². The van der Waals surface area contributed by atoms with Crippen LogP contribution in [0.25, 0.3) is 11.0 Å². The molecular formula is C17H15N3O4. The van der Waals surface area contributed by atoms with Gasteiger partial charge in [-0.3, -0.25) is 14.9 Å². The molecule has 7 nitrogen and oxygen atoms in total. The molecule has 0 spiro atoms. The minimum absolute atomic E-state index is 0.0264. The van der Waals surface area contributed by atoms with Crippen LogP contribution in [0.15, 0.2) is 40.9 Å². The summed E-state index contributed by atoms with van der Waals surface area (Å²) in [5, 5.41) is 18.2. The fourth-order valence-electron chi connectivity index (χ4n) is 2.66. The number of anilines is 1. The molecule has 1 aromatic heterocycles. The summed E-state index contributed by atoms with van der Waals surface area (Å²) in [6.07, 6.45) is 0.0634. The van der Waals surface area contributed by atoms with Crippen molar-refractivity contribution in [1.82, 2.24) is 5.16 Å². The lowest BCUT2D eigenvalue weighted by molar-refractivity contribution is -0.384. The van der Waals surface area contributed by atoms with Gasteiger partial charge in [-0.05, 0) is 43.2 Å². The minimum Gasteiger partial charge on any atom is -0.356 e. The van der Waals surface area contributed by atoms with Gasteiger partial charge in [-0.25, -0.2) is 0 Å². The second kappa shape index (κ2) is 6.11. The summed E-state index contributed by atoms with van der Waals surface area (Å²) in [4.78, 5) is 22.3. The van der Waals surface area contributed by atoms with Crippen molar-refractivity contribution in [3.05, 3.63) is 63.3 Å². The number of aryl methyl sites for hydroxylation is 2. The molecule has 0 aliphatic rings. The molecule has 0 saturated carbocycles. The number of hydrogen-bond donors (Lipinski definition) is 1. The highest BCUT2D eigenvalue weighted by Gasteiger charge is 2.15. The molecule has 0 unspecified atom stereocenters. The zero-order valence-electron chi connectivity index (χ0n) is 13.2. The van der Waals surface area contributed by atoms with Crippen LogP contribution in [-0.4, -0.2) is 16.0 Å². The van der Waals surface area contributed by atoms with E-state index in [0.717, 1.165) is 16.5 Å². The third kappa shape index (κ3) is 3.10. The SMILES string of the molecule is Cc1cc(C)c2c(CC(=O)Nc3ccc([N+](=O)[O-])cc3)noc2c1. The fraction of sp³-hybridized carbons (Fsp3) is 0.176. The second-order valence-corrected chi connectivity index (χ2v) is 5.61. The number of nitro groups is 1. The number of aromatic nitrogens is 1. The highest BCUT2D eigenvalue weighted by Crippen LogP contribution is 2.25. The first kappa shape index (κ1) is 15.7. The van der Waals surface area contributed by atoms with E-state index in [1.165, 1.54) is 24.3 Å². The molecule has 0 saturated heterocycles. The van der Waals surface area contributed by atoms with E-state index < -0.39 is 4.92 Å². The molecule has 0 aliphatic carbocycles. The highest BCUT2D eigenvalue weighted by atomic mass is 16.6. The largest absolute Gasteiger partial charge is 0.356 e. The Morgan fingerprint density at radius 1 is 1.25 bits per heavy atom. The van der Waals surface area contributed by atoms with Gasteiger partial charge in [-0.15, -0.1) is 0 Å². The van der Waals surface area contributed by atoms with E-state index in [-0.39, 0.29) is 18.0 Å². The van der Waals surface area contributed by atoms with Crippen molar-refractivity contribution < 1.29 is 14.2 Å². The quantitative estimate of drug-likeness (QED) is 0.584.